The number of piperazine rings is 1. The second-order valence-corrected chi connectivity index (χ2v) is 9.29. The summed E-state index contributed by atoms with van der Waals surface area (Å²) in [4.78, 5) is 15.9. The van der Waals surface area contributed by atoms with E-state index in [-0.39, 0.29) is 12.1 Å². The maximum atomic E-state index is 14.9. The first-order chi connectivity index (χ1) is 17.4. The van der Waals surface area contributed by atoms with Gasteiger partial charge >= 0.3 is 0 Å². The third kappa shape index (κ3) is 5.25. The Bertz CT molecular complexity index is 1320. The van der Waals surface area contributed by atoms with Crippen molar-refractivity contribution in [2.45, 2.75) is 25.7 Å². The third-order valence-electron chi connectivity index (χ3n) is 6.48. The average molecular weight is 497 g/mol. The van der Waals surface area contributed by atoms with Crippen LogP contribution in [0.3, 0.4) is 0 Å². The molecule has 190 valence electrons. The predicted octanol–water partition coefficient (Wildman–Crippen LogP) is 3.99. The van der Waals surface area contributed by atoms with Crippen LogP contribution in [0.5, 0.6) is 5.75 Å². The zero-order chi connectivity index (χ0) is 25.2. The van der Waals surface area contributed by atoms with Crippen molar-refractivity contribution in [1.82, 2.24) is 25.0 Å². The van der Waals surface area contributed by atoms with Crippen LogP contribution in [0.1, 0.15) is 30.1 Å². The minimum absolute atomic E-state index is 0.264. The van der Waals surface area contributed by atoms with Crippen LogP contribution in [0, 0.1) is 18.6 Å². The van der Waals surface area contributed by atoms with E-state index in [0.717, 1.165) is 37.6 Å². The molecule has 1 aliphatic heterocycles. The number of fused-ring (bicyclic) bond motifs is 1. The fraction of sp³-hybridized carbons (Fsp3) is 0.400. The Labute approximate surface area is 207 Å². The molecule has 0 spiro atoms. The molecular formula is C25H30F2N8O. The summed E-state index contributed by atoms with van der Waals surface area (Å²) >= 11 is 0. The van der Waals surface area contributed by atoms with Gasteiger partial charge in [-0.05, 0) is 39.6 Å². The number of benzene rings is 1. The number of likely N-dealkylation sites (N-methyl/N-ethyl adjacent to an activating group) is 1. The number of nitrogens with one attached hydrogen (secondary N) is 3. The summed E-state index contributed by atoms with van der Waals surface area (Å²) in [5.74, 6) is 0.251. The number of ether oxygens (including phenoxy) is 1. The molecule has 3 heterocycles. The minimum Gasteiger partial charge on any atom is -0.465 e. The number of hydrogen-bond acceptors (Lipinski definition) is 6. The highest BCUT2D eigenvalue weighted by Gasteiger charge is 2.25. The molecular weight excluding hydrogens is 466 g/mol. The Hall–Kier alpha value is -3.73. The van der Waals surface area contributed by atoms with Crippen molar-refractivity contribution in [2.75, 3.05) is 45.3 Å². The van der Waals surface area contributed by atoms with E-state index in [1.54, 1.807) is 19.1 Å². The SMILES string of the molecule is C=N/C(=C\C(=N/COc1c(F)cc2[nH]c(C)cc2c1F)N1CCN(C)CC1)Nc1cc(C2CC2)[nH]n1. The second kappa shape index (κ2) is 10.1. The van der Waals surface area contributed by atoms with E-state index >= 15 is 0 Å². The first-order valence-electron chi connectivity index (χ1n) is 12.0. The van der Waals surface area contributed by atoms with Gasteiger partial charge in [0.25, 0.3) is 0 Å². The number of hydrogen-bond donors (Lipinski definition) is 3. The Morgan fingerprint density at radius 1 is 1.25 bits per heavy atom. The van der Waals surface area contributed by atoms with Crippen molar-refractivity contribution in [3.8, 4) is 5.75 Å². The normalized spacial score (nSPS) is 17.6. The van der Waals surface area contributed by atoms with Crippen molar-refractivity contribution in [3.05, 3.63) is 53.1 Å². The van der Waals surface area contributed by atoms with Gasteiger partial charge in [0.2, 0.25) is 0 Å². The third-order valence-corrected chi connectivity index (χ3v) is 6.48. The van der Waals surface area contributed by atoms with Crippen LogP contribution in [-0.4, -0.2) is 77.5 Å². The number of nitrogens with zero attached hydrogens (tertiary/aromatic N) is 5. The Balaban J connectivity index is 1.37. The molecule has 0 bridgehead atoms. The van der Waals surface area contributed by atoms with Crippen LogP contribution in [0.4, 0.5) is 14.6 Å². The van der Waals surface area contributed by atoms with Gasteiger partial charge in [-0.1, -0.05) is 0 Å². The highest BCUT2D eigenvalue weighted by Crippen LogP contribution is 2.39. The zero-order valence-electron chi connectivity index (χ0n) is 20.4. The highest BCUT2D eigenvalue weighted by atomic mass is 19.1. The van der Waals surface area contributed by atoms with Crippen LogP contribution in [0.2, 0.25) is 0 Å². The van der Waals surface area contributed by atoms with Gasteiger partial charge in [-0.2, -0.15) is 5.10 Å². The van der Waals surface area contributed by atoms with Gasteiger partial charge < -0.3 is 24.8 Å². The van der Waals surface area contributed by atoms with Crippen LogP contribution >= 0.6 is 0 Å². The van der Waals surface area contributed by atoms with Gasteiger partial charge in [0.1, 0.15) is 11.7 Å². The summed E-state index contributed by atoms with van der Waals surface area (Å²) in [6, 6.07) is 4.82. The zero-order valence-corrected chi connectivity index (χ0v) is 20.4. The van der Waals surface area contributed by atoms with Crippen LogP contribution in [0.25, 0.3) is 10.9 Å². The quantitative estimate of drug-likeness (QED) is 0.324. The Morgan fingerprint density at radius 3 is 2.75 bits per heavy atom. The molecule has 0 atom stereocenters. The van der Waals surface area contributed by atoms with Crippen molar-refractivity contribution < 1.29 is 13.5 Å². The van der Waals surface area contributed by atoms with Crippen LogP contribution in [0.15, 0.2) is 40.1 Å². The van der Waals surface area contributed by atoms with E-state index < -0.39 is 17.4 Å². The molecule has 1 aliphatic carbocycles. The molecule has 2 fully saturated rings. The van der Waals surface area contributed by atoms with Crippen LogP contribution in [-0.2, 0) is 0 Å². The van der Waals surface area contributed by atoms with Crippen LogP contribution < -0.4 is 10.1 Å². The number of halogens is 2. The minimum atomic E-state index is -0.783. The number of aliphatic imine (C=N–C) groups is 2. The summed E-state index contributed by atoms with van der Waals surface area (Å²) in [5.41, 5.74) is 2.22. The summed E-state index contributed by atoms with van der Waals surface area (Å²) in [6.45, 7) is 8.38. The largest absolute Gasteiger partial charge is 0.465 e. The summed E-state index contributed by atoms with van der Waals surface area (Å²) < 4.78 is 35.0. The number of amidine groups is 1. The molecule has 1 aromatic carbocycles. The maximum absolute atomic E-state index is 14.9. The van der Waals surface area contributed by atoms with Crippen molar-refractivity contribution in [2.24, 2.45) is 9.98 Å². The smallest absolute Gasteiger partial charge is 0.194 e. The lowest BCUT2D eigenvalue weighted by Crippen LogP contribution is -2.47. The standard InChI is InChI=1S/C25H30F2N8O/c1-15-10-17-20(30-15)11-18(26)25(24(17)27)36-14-29-23(35-8-6-34(3)7-9-35)13-21(28-2)31-22-12-19(32-33-22)16-4-5-16/h10-13,16,30H,2,4-9,14H2,1,3H3,(H2,31,32,33)/b21-13+,29-23+. The van der Waals surface area contributed by atoms with Gasteiger partial charge in [-0.25, -0.2) is 18.8 Å². The van der Waals surface area contributed by atoms with E-state index in [1.165, 1.54) is 18.9 Å². The molecule has 9 nitrogen and oxygen atoms in total. The molecule has 1 saturated carbocycles. The number of anilines is 1. The number of aromatic nitrogens is 3. The maximum Gasteiger partial charge on any atom is 0.194 e. The van der Waals surface area contributed by atoms with E-state index in [9.17, 15) is 8.78 Å². The topological polar surface area (TPSA) is 96.9 Å². The number of aryl methyl sites for hydroxylation is 1. The van der Waals surface area contributed by atoms with Gasteiger partial charge in [0, 0.05) is 67.1 Å². The molecule has 3 aromatic rings. The Morgan fingerprint density at radius 2 is 2.03 bits per heavy atom. The fourth-order valence-electron chi connectivity index (χ4n) is 4.27. The lowest BCUT2D eigenvalue weighted by Gasteiger charge is -2.33. The van der Waals surface area contributed by atoms with E-state index in [2.05, 4.69) is 54.0 Å². The molecule has 5 rings (SSSR count). The van der Waals surface area contributed by atoms with E-state index in [4.69, 9.17) is 4.74 Å². The van der Waals surface area contributed by atoms with Gasteiger partial charge in [0.15, 0.2) is 29.9 Å². The second-order valence-electron chi connectivity index (χ2n) is 9.29. The summed E-state index contributed by atoms with van der Waals surface area (Å²) in [5, 5.41) is 10.8. The molecule has 1 saturated heterocycles. The van der Waals surface area contributed by atoms with E-state index in [0.29, 0.717) is 28.9 Å². The first-order valence-corrected chi connectivity index (χ1v) is 12.0. The highest BCUT2D eigenvalue weighted by molar-refractivity contribution is 5.94. The molecule has 0 amide bonds. The molecule has 36 heavy (non-hydrogen) atoms. The molecule has 11 heteroatoms. The van der Waals surface area contributed by atoms with Gasteiger partial charge in [-0.3, -0.25) is 5.10 Å². The first kappa shape index (κ1) is 24.0. The lowest BCUT2D eigenvalue weighted by molar-refractivity contribution is 0.214. The summed E-state index contributed by atoms with van der Waals surface area (Å²) in [7, 11) is 2.06. The van der Waals surface area contributed by atoms with E-state index in [1.807, 2.05) is 6.07 Å². The summed E-state index contributed by atoms with van der Waals surface area (Å²) in [6.07, 6.45) is 4.09. The molecule has 2 aromatic heterocycles. The number of aromatic amines is 2. The lowest BCUT2D eigenvalue weighted by atomic mass is 10.2. The number of H-pyrrole nitrogens is 2. The van der Waals surface area contributed by atoms with Gasteiger partial charge in [-0.15, -0.1) is 0 Å². The molecule has 2 aliphatic rings. The predicted molar refractivity (Wildman–Crippen MR) is 137 cm³/mol. The Kier molecular flexibility index (Phi) is 6.73. The monoisotopic (exact) mass is 496 g/mol. The average Bonchev–Trinajstić information content (AvgIpc) is 3.49. The molecule has 0 radical (unpaired) electrons. The van der Waals surface area contributed by atoms with Crippen molar-refractivity contribution in [1.29, 1.82) is 0 Å². The molecule has 3 N–H and O–H groups in total. The molecule has 0 unspecified atom stereocenters. The number of rotatable bonds is 8. The van der Waals surface area contributed by atoms with Gasteiger partial charge in [0.05, 0.1) is 5.52 Å². The van der Waals surface area contributed by atoms with Crippen molar-refractivity contribution in [3.63, 3.8) is 0 Å². The van der Waals surface area contributed by atoms with Crippen molar-refractivity contribution >= 4 is 29.3 Å². The fourth-order valence-corrected chi connectivity index (χ4v) is 4.27.